The summed E-state index contributed by atoms with van der Waals surface area (Å²) in [5.74, 6) is 0.963. The summed E-state index contributed by atoms with van der Waals surface area (Å²) in [7, 11) is 0. The number of aromatic nitrogens is 8. The molecule has 5 rings (SSSR count). The molecule has 30 heavy (non-hydrogen) atoms. The van der Waals surface area contributed by atoms with E-state index in [-0.39, 0.29) is 16.8 Å². The molecule has 3 heterocycles. The monoisotopic (exact) mass is 422 g/mol. The minimum atomic E-state index is -0.389. The number of hydrogen-bond donors (Lipinski definition) is 0. The van der Waals surface area contributed by atoms with Gasteiger partial charge in [-0.2, -0.15) is 0 Å². The largest absolute Gasteiger partial charge is 0.299 e. The van der Waals surface area contributed by atoms with Crippen molar-refractivity contribution in [2.45, 2.75) is 43.1 Å². The van der Waals surface area contributed by atoms with Gasteiger partial charge in [-0.3, -0.25) is 9.55 Å². The van der Waals surface area contributed by atoms with Gasteiger partial charge in [0.05, 0.1) is 5.25 Å². The highest BCUT2D eigenvalue weighted by Crippen LogP contribution is 2.43. The second-order valence-electron chi connectivity index (χ2n) is 7.30. The fourth-order valence-corrected chi connectivity index (χ4v) is 4.15. The van der Waals surface area contributed by atoms with Gasteiger partial charge in [0.2, 0.25) is 0 Å². The van der Waals surface area contributed by atoms with Gasteiger partial charge in [0.25, 0.3) is 0 Å². The third-order valence-corrected chi connectivity index (χ3v) is 5.96. The molecule has 1 atom stereocenters. The number of aryl methyl sites for hydroxylation is 1. The molecule has 1 fully saturated rings. The zero-order valence-corrected chi connectivity index (χ0v) is 17.3. The molecule has 0 saturated heterocycles. The lowest BCUT2D eigenvalue weighted by Gasteiger charge is -2.10. The molecule has 0 N–H and O–H groups in total. The SMILES string of the molecule is Cc1ccc(F)c(-n2nnc(C(C)Sc3nnc(-c4ccncc4)n3C3CC3)n2)c1. The maximum atomic E-state index is 14.2. The summed E-state index contributed by atoms with van der Waals surface area (Å²) in [6.07, 6.45) is 5.73. The summed E-state index contributed by atoms with van der Waals surface area (Å²) >= 11 is 1.52. The molecule has 3 aromatic heterocycles. The van der Waals surface area contributed by atoms with E-state index in [4.69, 9.17) is 0 Å². The van der Waals surface area contributed by atoms with Crippen LogP contribution in [0.5, 0.6) is 0 Å². The van der Waals surface area contributed by atoms with Crippen molar-refractivity contribution >= 4 is 11.8 Å². The topological polar surface area (TPSA) is 87.2 Å². The number of rotatable bonds is 6. The van der Waals surface area contributed by atoms with Gasteiger partial charge in [0.15, 0.2) is 22.6 Å². The average Bonchev–Trinajstić information content (AvgIpc) is 3.31. The third kappa shape index (κ3) is 3.58. The number of pyridine rings is 1. The highest BCUT2D eigenvalue weighted by molar-refractivity contribution is 7.99. The second kappa shape index (κ2) is 7.60. The van der Waals surface area contributed by atoms with Crippen molar-refractivity contribution in [1.82, 2.24) is 40.0 Å². The van der Waals surface area contributed by atoms with Gasteiger partial charge in [0.1, 0.15) is 5.69 Å². The first kappa shape index (κ1) is 18.9. The molecule has 1 aliphatic rings. The summed E-state index contributed by atoms with van der Waals surface area (Å²) in [6.45, 7) is 3.88. The van der Waals surface area contributed by atoms with E-state index in [0.717, 1.165) is 34.9 Å². The van der Waals surface area contributed by atoms with Gasteiger partial charge in [-0.25, -0.2) is 4.39 Å². The summed E-state index contributed by atoms with van der Waals surface area (Å²) in [5.41, 5.74) is 2.20. The van der Waals surface area contributed by atoms with E-state index in [0.29, 0.717) is 11.9 Å². The van der Waals surface area contributed by atoms with Crippen LogP contribution in [-0.2, 0) is 0 Å². The van der Waals surface area contributed by atoms with Crippen molar-refractivity contribution in [3.63, 3.8) is 0 Å². The summed E-state index contributed by atoms with van der Waals surface area (Å²) in [5, 5.41) is 22.1. The number of thioether (sulfide) groups is 1. The lowest BCUT2D eigenvalue weighted by atomic mass is 10.2. The van der Waals surface area contributed by atoms with Crippen LogP contribution in [-0.4, -0.2) is 40.0 Å². The lowest BCUT2D eigenvalue weighted by molar-refractivity contribution is 0.590. The fourth-order valence-electron chi connectivity index (χ4n) is 3.19. The Hall–Kier alpha value is -3.14. The van der Waals surface area contributed by atoms with Crippen LogP contribution in [0.15, 0.2) is 47.9 Å². The van der Waals surface area contributed by atoms with Crippen LogP contribution in [0.4, 0.5) is 4.39 Å². The quantitative estimate of drug-likeness (QED) is 0.435. The highest BCUT2D eigenvalue weighted by Gasteiger charge is 2.31. The molecule has 152 valence electrons. The highest BCUT2D eigenvalue weighted by atomic mass is 32.2. The normalized spacial score (nSPS) is 14.8. The van der Waals surface area contributed by atoms with Crippen molar-refractivity contribution in [3.05, 3.63) is 59.9 Å². The molecular weight excluding hydrogens is 403 g/mol. The van der Waals surface area contributed by atoms with Crippen LogP contribution in [0.3, 0.4) is 0 Å². The standard InChI is InChI=1S/C20H19FN8S/c1-12-3-6-16(21)17(11-12)29-26-18(23-27-29)13(2)30-20-25-24-19(28(20)15-4-5-15)14-7-9-22-10-8-14/h3,6-11,13,15H,4-5H2,1-2H3. The molecule has 0 radical (unpaired) electrons. The maximum absolute atomic E-state index is 14.2. The van der Waals surface area contributed by atoms with Gasteiger partial charge >= 0.3 is 0 Å². The lowest BCUT2D eigenvalue weighted by Crippen LogP contribution is -2.04. The van der Waals surface area contributed by atoms with Crippen LogP contribution in [0.25, 0.3) is 17.1 Å². The smallest absolute Gasteiger partial charge is 0.192 e. The van der Waals surface area contributed by atoms with Gasteiger partial charge in [0, 0.05) is 24.0 Å². The Labute approximate surface area is 176 Å². The van der Waals surface area contributed by atoms with Crippen LogP contribution in [0.2, 0.25) is 0 Å². The fraction of sp³-hybridized carbons (Fsp3) is 0.300. The van der Waals surface area contributed by atoms with Crippen LogP contribution in [0, 0.1) is 12.7 Å². The van der Waals surface area contributed by atoms with E-state index < -0.39 is 0 Å². The Morgan fingerprint density at radius 2 is 1.90 bits per heavy atom. The number of halogens is 1. The average molecular weight is 422 g/mol. The van der Waals surface area contributed by atoms with E-state index in [2.05, 4.69) is 35.2 Å². The Morgan fingerprint density at radius 1 is 1.10 bits per heavy atom. The Bertz CT molecular complexity index is 1180. The van der Waals surface area contributed by atoms with Crippen molar-refractivity contribution < 1.29 is 4.39 Å². The number of hydrogen-bond acceptors (Lipinski definition) is 7. The van der Waals surface area contributed by atoms with E-state index in [1.165, 1.54) is 22.6 Å². The molecule has 1 saturated carbocycles. The molecule has 1 unspecified atom stereocenters. The summed E-state index contributed by atoms with van der Waals surface area (Å²) < 4.78 is 16.3. The molecular formula is C20H19FN8S. The molecule has 1 aliphatic carbocycles. The second-order valence-corrected chi connectivity index (χ2v) is 8.60. The van der Waals surface area contributed by atoms with Crippen molar-refractivity contribution in [3.8, 4) is 17.1 Å². The molecule has 0 bridgehead atoms. The van der Waals surface area contributed by atoms with Gasteiger partial charge in [-0.15, -0.1) is 25.2 Å². The molecule has 0 aliphatic heterocycles. The molecule has 10 heteroatoms. The first-order chi connectivity index (χ1) is 14.6. The molecule has 0 spiro atoms. The van der Waals surface area contributed by atoms with Gasteiger partial charge in [-0.05, 0) is 61.7 Å². The van der Waals surface area contributed by atoms with E-state index in [9.17, 15) is 4.39 Å². The first-order valence-electron chi connectivity index (χ1n) is 9.68. The number of benzene rings is 1. The van der Waals surface area contributed by atoms with Gasteiger partial charge in [-0.1, -0.05) is 17.8 Å². The van der Waals surface area contributed by atoms with Crippen molar-refractivity contribution in [2.24, 2.45) is 0 Å². The zero-order valence-electron chi connectivity index (χ0n) is 16.5. The minimum absolute atomic E-state index is 0.126. The minimum Gasteiger partial charge on any atom is -0.299 e. The molecule has 4 aromatic rings. The summed E-state index contributed by atoms with van der Waals surface area (Å²) in [4.78, 5) is 5.32. The van der Waals surface area contributed by atoms with Crippen LogP contribution < -0.4 is 0 Å². The van der Waals surface area contributed by atoms with Crippen LogP contribution in [0.1, 0.15) is 42.4 Å². The molecule has 8 nitrogen and oxygen atoms in total. The zero-order chi connectivity index (χ0) is 20.7. The van der Waals surface area contributed by atoms with Crippen LogP contribution >= 0.6 is 11.8 Å². The Balaban J connectivity index is 1.41. The predicted molar refractivity (Wildman–Crippen MR) is 110 cm³/mol. The third-order valence-electron chi connectivity index (χ3n) is 4.91. The number of nitrogens with zero attached hydrogens (tertiary/aromatic N) is 8. The van der Waals surface area contributed by atoms with E-state index >= 15 is 0 Å². The first-order valence-corrected chi connectivity index (χ1v) is 10.6. The predicted octanol–water partition coefficient (Wildman–Crippen LogP) is 3.95. The van der Waals surface area contributed by atoms with Gasteiger partial charge < -0.3 is 0 Å². The molecule has 1 aromatic carbocycles. The Kier molecular flexibility index (Phi) is 4.78. The number of tetrazole rings is 1. The van der Waals surface area contributed by atoms with Crippen molar-refractivity contribution in [2.75, 3.05) is 0 Å². The molecule has 0 amide bonds. The summed E-state index contributed by atoms with van der Waals surface area (Å²) in [6, 6.07) is 9.09. The maximum Gasteiger partial charge on any atom is 0.192 e. The Morgan fingerprint density at radius 3 is 2.67 bits per heavy atom. The van der Waals surface area contributed by atoms with E-state index in [1.807, 2.05) is 26.0 Å². The van der Waals surface area contributed by atoms with Crippen molar-refractivity contribution in [1.29, 1.82) is 0 Å². The van der Waals surface area contributed by atoms with E-state index in [1.54, 1.807) is 24.5 Å².